The summed E-state index contributed by atoms with van der Waals surface area (Å²) in [6.07, 6.45) is 3.50. The summed E-state index contributed by atoms with van der Waals surface area (Å²) in [6, 6.07) is 17.5. The van der Waals surface area contributed by atoms with Gasteiger partial charge >= 0.3 is 6.03 Å². The molecule has 0 bridgehead atoms. The monoisotopic (exact) mass is 406 g/mol. The number of likely N-dealkylation sites (N-methyl/N-ethyl adjacent to an activating group) is 1. The van der Waals surface area contributed by atoms with Gasteiger partial charge in [0.1, 0.15) is 6.61 Å². The Hall–Kier alpha value is -3.48. The van der Waals surface area contributed by atoms with Crippen LogP contribution in [0.2, 0.25) is 0 Å². The lowest BCUT2D eigenvalue weighted by atomic mass is 10.1. The molecule has 1 unspecified atom stereocenters. The van der Waals surface area contributed by atoms with Crippen LogP contribution in [-0.2, 0) is 13.1 Å². The van der Waals surface area contributed by atoms with Crippen LogP contribution in [0.3, 0.4) is 0 Å². The van der Waals surface area contributed by atoms with E-state index in [0.717, 1.165) is 22.6 Å². The van der Waals surface area contributed by atoms with E-state index in [2.05, 4.69) is 16.5 Å². The summed E-state index contributed by atoms with van der Waals surface area (Å²) in [7, 11) is 0. The molecule has 30 heavy (non-hydrogen) atoms. The van der Waals surface area contributed by atoms with Crippen LogP contribution in [0, 0.1) is 0 Å². The third kappa shape index (κ3) is 4.74. The summed E-state index contributed by atoms with van der Waals surface area (Å²) >= 11 is 0. The first kappa shape index (κ1) is 19.8. The average molecular weight is 406 g/mol. The van der Waals surface area contributed by atoms with Gasteiger partial charge in [0, 0.05) is 25.5 Å². The van der Waals surface area contributed by atoms with E-state index in [1.165, 1.54) is 0 Å². The molecular weight excluding hydrogens is 380 g/mol. The number of nitrogens with zero attached hydrogens (tertiary/aromatic N) is 3. The Morgan fingerprint density at radius 3 is 2.67 bits per heavy atom. The summed E-state index contributed by atoms with van der Waals surface area (Å²) < 4.78 is 13.6. The highest BCUT2D eigenvalue weighted by molar-refractivity contribution is 5.74. The third-order valence-electron chi connectivity index (χ3n) is 5.10. The molecule has 0 fully saturated rings. The van der Waals surface area contributed by atoms with Crippen molar-refractivity contribution in [3.63, 3.8) is 0 Å². The fourth-order valence-corrected chi connectivity index (χ4v) is 3.49. The van der Waals surface area contributed by atoms with Gasteiger partial charge in [0.2, 0.25) is 0 Å². The molecule has 0 saturated heterocycles. The molecule has 0 aliphatic carbocycles. The van der Waals surface area contributed by atoms with Gasteiger partial charge in [-0.05, 0) is 36.2 Å². The van der Waals surface area contributed by atoms with Crippen molar-refractivity contribution in [2.45, 2.75) is 26.1 Å². The lowest BCUT2D eigenvalue weighted by molar-refractivity contribution is 0.0675. The number of rotatable bonds is 7. The van der Waals surface area contributed by atoms with E-state index < -0.39 is 0 Å². The zero-order valence-corrected chi connectivity index (χ0v) is 17.0. The van der Waals surface area contributed by atoms with Crippen LogP contribution in [-0.4, -0.2) is 46.5 Å². The summed E-state index contributed by atoms with van der Waals surface area (Å²) in [6.45, 7) is 4.56. The molecule has 1 N–H and O–H groups in total. The second-order valence-corrected chi connectivity index (χ2v) is 7.17. The molecule has 2 aromatic carbocycles. The molecule has 7 heteroatoms. The number of carbonyl (C=O) groups is 1. The molecular formula is C23H26N4O3. The quantitative estimate of drug-likeness (QED) is 0.654. The van der Waals surface area contributed by atoms with Gasteiger partial charge in [-0.1, -0.05) is 36.4 Å². The van der Waals surface area contributed by atoms with Gasteiger partial charge in [-0.3, -0.25) is 4.68 Å². The van der Waals surface area contributed by atoms with Crippen molar-refractivity contribution < 1.29 is 14.3 Å². The van der Waals surface area contributed by atoms with E-state index in [1.54, 1.807) is 11.1 Å². The lowest BCUT2D eigenvalue weighted by Gasteiger charge is -2.31. The number of nitrogens with one attached hydrogen (secondary N) is 1. The normalized spacial score (nSPS) is 14.9. The second-order valence-electron chi connectivity index (χ2n) is 7.17. The molecule has 1 aromatic heterocycles. The molecule has 4 rings (SSSR count). The first-order chi connectivity index (χ1) is 14.7. The van der Waals surface area contributed by atoms with Crippen LogP contribution >= 0.6 is 0 Å². The van der Waals surface area contributed by atoms with Crippen molar-refractivity contribution in [1.29, 1.82) is 0 Å². The van der Waals surface area contributed by atoms with Crippen LogP contribution in [0.1, 0.15) is 18.1 Å². The SMILES string of the molecule is CCN(CC1COc2ccccc2O1)C(=O)NCc1ccccc1Cn1cccn1. The van der Waals surface area contributed by atoms with Gasteiger partial charge in [-0.25, -0.2) is 4.79 Å². The van der Waals surface area contributed by atoms with E-state index in [0.29, 0.717) is 32.8 Å². The van der Waals surface area contributed by atoms with E-state index in [-0.39, 0.29) is 12.1 Å². The van der Waals surface area contributed by atoms with Gasteiger partial charge in [-0.15, -0.1) is 0 Å². The van der Waals surface area contributed by atoms with Crippen LogP contribution in [0.25, 0.3) is 0 Å². The smallest absolute Gasteiger partial charge is 0.317 e. The predicted octanol–water partition coefficient (Wildman–Crippen LogP) is 3.30. The van der Waals surface area contributed by atoms with Crippen molar-refractivity contribution in [1.82, 2.24) is 20.0 Å². The maximum absolute atomic E-state index is 12.8. The number of urea groups is 1. The Labute approximate surface area is 176 Å². The fraction of sp³-hybridized carbons (Fsp3) is 0.304. The molecule has 0 saturated carbocycles. The summed E-state index contributed by atoms with van der Waals surface area (Å²) in [5, 5.41) is 7.31. The largest absolute Gasteiger partial charge is 0.486 e. The van der Waals surface area contributed by atoms with E-state index >= 15 is 0 Å². The number of benzene rings is 2. The van der Waals surface area contributed by atoms with Crippen molar-refractivity contribution in [3.8, 4) is 11.5 Å². The van der Waals surface area contributed by atoms with Crippen molar-refractivity contribution >= 4 is 6.03 Å². The highest BCUT2D eigenvalue weighted by atomic mass is 16.6. The molecule has 156 valence electrons. The van der Waals surface area contributed by atoms with Crippen LogP contribution in [0.5, 0.6) is 11.5 Å². The van der Waals surface area contributed by atoms with E-state index in [4.69, 9.17) is 9.47 Å². The number of hydrogen-bond acceptors (Lipinski definition) is 4. The number of aromatic nitrogens is 2. The molecule has 1 aliphatic rings. The minimum absolute atomic E-state index is 0.117. The van der Waals surface area contributed by atoms with Crippen LogP contribution < -0.4 is 14.8 Å². The highest BCUT2D eigenvalue weighted by Gasteiger charge is 2.24. The molecule has 1 aliphatic heterocycles. The third-order valence-corrected chi connectivity index (χ3v) is 5.10. The molecule has 7 nitrogen and oxygen atoms in total. The topological polar surface area (TPSA) is 68.6 Å². The standard InChI is InChI=1S/C23H26N4O3/c1-2-26(16-20-17-29-21-10-5-6-11-22(21)30-20)23(28)24-14-18-8-3-4-9-19(18)15-27-13-7-12-25-27/h3-13,20H,2,14-17H2,1H3,(H,24,28). The first-order valence-electron chi connectivity index (χ1n) is 10.2. The molecule has 0 spiro atoms. The number of para-hydroxylation sites is 2. The Morgan fingerprint density at radius 1 is 1.13 bits per heavy atom. The highest BCUT2D eigenvalue weighted by Crippen LogP contribution is 2.31. The van der Waals surface area contributed by atoms with Crippen molar-refractivity contribution in [3.05, 3.63) is 78.1 Å². The second kappa shape index (κ2) is 9.35. The van der Waals surface area contributed by atoms with E-state index in [9.17, 15) is 4.79 Å². The van der Waals surface area contributed by atoms with Gasteiger partial charge < -0.3 is 19.7 Å². The van der Waals surface area contributed by atoms with Crippen LogP contribution in [0.15, 0.2) is 67.0 Å². The number of carbonyl (C=O) groups excluding carboxylic acids is 1. The first-order valence-corrected chi connectivity index (χ1v) is 10.2. The molecule has 3 aromatic rings. The molecule has 1 atom stereocenters. The summed E-state index contributed by atoms with van der Waals surface area (Å²) in [4.78, 5) is 14.5. The average Bonchev–Trinajstić information content (AvgIpc) is 3.29. The Kier molecular flexibility index (Phi) is 6.17. The Balaban J connectivity index is 1.34. The zero-order chi connectivity index (χ0) is 20.8. The minimum Gasteiger partial charge on any atom is -0.486 e. The van der Waals surface area contributed by atoms with Crippen molar-refractivity contribution in [2.75, 3.05) is 19.7 Å². The maximum atomic E-state index is 12.8. The molecule has 0 radical (unpaired) electrons. The summed E-state index contributed by atoms with van der Waals surface area (Å²) in [5.41, 5.74) is 2.20. The van der Waals surface area contributed by atoms with Gasteiger partial charge in [0.25, 0.3) is 0 Å². The van der Waals surface area contributed by atoms with Crippen molar-refractivity contribution in [2.24, 2.45) is 0 Å². The Morgan fingerprint density at radius 2 is 1.90 bits per heavy atom. The molecule has 2 heterocycles. The number of hydrogen-bond donors (Lipinski definition) is 1. The number of amides is 2. The van der Waals surface area contributed by atoms with Gasteiger partial charge in [0.05, 0.1) is 13.1 Å². The van der Waals surface area contributed by atoms with Gasteiger partial charge in [-0.2, -0.15) is 5.10 Å². The van der Waals surface area contributed by atoms with Gasteiger partial charge in [0.15, 0.2) is 17.6 Å². The van der Waals surface area contributed by atoms with E-state index in [1.807, 2.05) is 66.3 Å². The summed E-state index contributed by atoms with van der Waals surface area (Å²) in [5.74, 6) is 1.47. The predicted molar refractivity (Wildman–Crippen MR) is 114 cm³/mol. The van der Waals surface area contributed by atoms with Crippen LogP contribution in [0.4, 0.5) is 4.79 Å². The molecule has 2 amide bonds. The lowest BCUT2D eigenvalue weighted by Crippen LogP contribution is -2.47. The zero-order valence-electron chi connectivity index (χ0n) is 17.0. The minimum atomic E-state index is -0.197. The number of fused-ring (bicyclic) bond motifs is 1. The number of ether oxygens (including phenoxy) is 2. The fourth-order valence-electron chi connectivity index (χ4n) is 3.49. The maximum Gasteiger partial charge on any atom is 0.317 e. The Bertz CT molecular complexity index is 974.